The molecule has 1 saturated carbocycles. The highest BCUT2D eigenvalue weighted by Gasteiger charge is 2.33. The van der Waals surface area contributed by atoms with Gasteiger partial charge in [0.15, 0.2) is 0 Å². The third-order valence-corrected chi connectivity index (χ3v) is 2.03. The fourth-order valence-corrected chi connectivity index (χ4v) is 1.32. The Kier molecular flexibility index (Phi) is 1.90. The summed E-state index contributed by atoms with van der Waals surface area (Å²) in [5.41, 5.74) is 5.45. The summed E-state index contributed by atoms with van der Waals surface area (Å²) in [6.45, 7) is 3.16. The van der Waals surface area contributed by atoms with Crippen LogP contribution in [0.4, 0.5) is 0 Å². The van der Waals surface area contributed by atoms with Crippen LogP contribution in [0.15, 0.2) is 0 Å². The van der Waals surface area contributed by atoms with E-state index in [1.165, 1.54) is 19.3 Å². The number of hydrogen-bond donors (Lipinski definition) is 1. The Balaban J connectivity index is 1.99. The van der Waals surface area contributed by atoms with E-state index in [4.69, 9.17) is 5.73 Å². The molecule has 1 aliphatic carbocycles. The normalized spacial score (nSPS) is 35.2. The van der Waals surface area contributed by atoms with E-state index in [0.717, 1.165) is 18.4 Å². The molecule has 0 heterocycles. The van der Waals surface area contributed by atoms with Crippen LogP contribution >= 0.6 is 0 Å². The summed E-state index contributed by atoms with van der Waals surface area (Å²) in [6, 6.07) is 0. The molecule has 0 spiro atoms. The smallest absolute Gasteiger partial charge is 0.00461 e. The van der Waals surface area contributed by atoms with Crippen molar-refractivity contribution < 1.29 is 0 Å². The highest BCUT2D eigenvalue weighted by atomic mass is 14.6. The summed E-state index contributed by atoms with van der Waals surface area (Å²) in [7, 11) is 0. The van der Waals surface area contributed by atoms with Crippen LogP contribution in [0, 0.1) is 11.8 Å². The van der Waals surface area contributed by atoms with Crippen molar-refractivity contribution in [2.75, 3.05) is 6.54 Å². The van der Waals surface area contributed by atoms with Crippen molar-refractivity contribution in [2.45, 2.75) is 26.2 Å². The van der Waals surface area contributed by atoms with Gasteiger partial charge in [-0.25, -0.2) is 0 Å². The highest BCUT2D eigenvalue weighted by molar-refractivity contribution is 4.85. The van der Waals surface area contributed by atoms with Gasteiger partial charge in [-0.1, -0.05) is 19.8 Å². The summed E-state index contributed by atoms with van der Waals surface area (Å²) in [4.78, 5) is 0. The predicted molar refractivity (Wildman–Crippen MR) is 35.6 cm³/mol. The molecular weight excluding hydrogens is 98.1 g/mol. The lowest BCUT2D eigenvalue weighted by Crippen LogP contribution is -2.01. The summed E-state index contributed by atoms with van der Waals surface area (Å²) in [6.07, 6.45) is 4.15. The zero-order chi connectivity index (χ0) is 5.98. The lowest BCUT2D eigenvalue weighted by atomic mass is 10.2. The Labute approximate surface area is 51.3 Å². The molecule has 0 bridgehead atoms. The maximum atomic E-state index is 5.45. The van der Waals surface area contributed by atoms with Crippen molar-refractivity contribution in [2.24, 2.45) is 17.6 Å². The largest absolute Gasteiger partial charge is 0.330 e. The molecule has 0 aromatic carbocycles. The van der Waals surface area contributed by atoms with Crippen molar-refractivity contribution in [3.8, 4) is 0 Å². The molecule has 0 saturated heterocycles. The Bertz CT molecular complexity index is 70.8. The first-order valence-corrected chi connectivity index (χ1v) is 3.58. The second-order valence-electron chi connectivity index (χ2n) is 2.78. The average Bonchev–Trinajstić information content (AvgIpc) is 2.48. The Morgan fingerprint density at radius 1 is 1.50 bits per heavy atom. The Hall–Kier alpha value is -0.0400. The van der Waals surface area contributed by atoms with Gasteiger partial charge in [-0.15, -0.1) is 0 Å². The molecule has 0 amide bonds. The topological polar surface area (TPSA) is 26.0 Å². The van der Waals surface area contributed by atoms with Gasteiger partial charge in [0.1, 0.15) is 0 Å². The van der Waals surface area contributed by atoms with Gasteiger partial charge in [0.2, 0.25) is 0 Å². The second kappa shape index (κ2) is 2.49. The van der Waals surface area contributed by atoms with Crippen LogP contribution in [0.5, 0.6) is 0 Å². The molecule has 48 valence electrons. The van der Waals surface area contributed by atoms with Gasteiger partial charge >= 0.3 is 0 Å². The van der Waals surface area contributed by atoms with Gasteiger partial charge in [0.25, 0.3) is 0 Å². The Morgan fingerprint density at radius 3 is 2.62 bits per heavy atom. The zero-order valence-corrected chi connectivity index (χ0v) is 5.56. The third-order valence-electron chi connectivity index (χ3n) is 2.03. The maximum absolute atomic E-state index is 5.45. The fourth-order valence-electron chi connectivity index (χ4n) is 1.32. The van der Waals surface area contributed by atoms with E-state index in [-0.39, 0.29) is 0 Å². The quantitative estimate of drug-likeness (QED) is 0.588. The molecule has 0 aliphatic heterocycles. The van der Waals surface area contributed by atoms with Crippen LogP contribution in [0.3, 0.4) is 0 Å². The monoisotopic (exact) mass is 113 g/mol. The molecule has 1 heteroatoms. The van der Waals surface area contributed by atoms with Crippen LogP contribution in [0.2, 0.25) is 0 Å². The fraction of sp³-hybridized carbons (Fsp3) is 1.00. The summed E-state index contributed by atoms with van der Waals surface area (Å²) in [5, 5.41) is 0. The first-order valence-electron chi connectivity index (χ1n) is 3.58. The van der Waals surface area contributed by atoms with E-state index in [0.29, 0.717) is 0 Å². The molecule has 1 fully saturated rings. The molecule has 0 unspecified atom stereocenters. The van der Waals surface area contributed by atoms with E-state index in [1.807, 2.05) is 0 Å². The van der Waals surface area contributed by atoms with Gasteiger partial charge in [0, 0.05) is 0 Å². The molecule has 0 aromatic heterocycles. The van der Waals surface area contributed by atoms with E-state index in [1.54, 1.807) is 0 Å². The zero-order valence-electron chi connectivity index (χ0n) is 5.56. The van der Waals surface area contributed by atoms with Gasteiger partial charge in [-0.3, -0.25) is 0 Å². The van der Waals surface area contributed by atoms with E-state index < -0.39 is 0 Å². The van der Waals surface area contributed by atoms with Gasteiger partial charge < -0.3 is 5.73 Å². The Morgan fingerprint density at radius 2 is 2.25 bits per heavy atom. The van der Waals surface area contributed by atoms with Crippen molar-refractivity contribution in [1.82, 2.24) is 0 Å². The minimum Gasteiger partial charge on any atom is -0.330 e. The molecule has 0 radical (unpaired) electrons. The lowest BCUT2D eigenvalue weighted by molar-refractivity contribution is 0.638. The third kappa shape index (κ3) is 1.22. The summed E-state index contributed by atoms with van der Waals surface area (Å²) < 4.78 is 0. The van der Waals surface area contributed by atoms with E-state index in [9.17, 15) is 0 Å². The predicted octanol–water partition coefficient (Wildman–Crippen LogP) is 1.38. The molecule has 1 rings (SSSR count). The maximum Gasteiger partial charge on any atom is -0.00461 e. The molecule has 1 nitrogen and oxygen atoms in total. The molecule has 8 heavy (non-hydrogen) atoms. The van der Waals surface area contributed by atoms with Gasteiger partial charge in [-0.2, -0.15) is 0 Å². The second-order valence-corrected chi connectivity index (χ2v) is 2.78. The lowest BCUT2D eigenvalue weighted by Gasteiger charge is -1.90. The minimum absolute atomic E-state index is 0.898. The van der Waals surface area contributed by atoms with Crippen molar-refractivity contribution >= 4 is 0 Å². The van der Waals surface area contributed by atoms with Crippen molar-refractivity contribution in [1.29, 1.82) is 0 Å². The highest BCUT2D eigenvalue weighted by Crippen LogP contribution is 2.40. The minimum atomic E-state index is 0.898. The number of nitrogens with two attached hydrogens (primary N) is 1. The van der Waals surface area contributed by atoms with Crippen molar-refractivity contribution in [3.05, 3.63) is 0 Å². The standard InChI is InChI=1S/C7H15N/c1-2-3-6-4-7(6)5-8/h6-7H,2-5,8H2,1H3/t6-,7+/m1/s1. The van der Waals surface area contributed by atoms with Crippen LogP contribution in [0.25, 0.3) is 0 Å². The van der Waals surface area contributed by atoms with Crippen LogP contribution < -0.4 is 5.73 Å². The van der Waals surface area contributed by atoms with E-state index in [2.05, 4.69) is 6.92 Å². The van der Waals surface area contributed by atoms with Crippen molar-refractivity contribution in [3.63, 3.8) is 0 Å². The first-order chi connectivity index (χ1) is 3.88. The van der Waals surface area contributed by atoms with Gasteiger partial charge in [-0.05, 0) is 24.8 Å². The summed E-state index contributed by atoms with van der Waals surface area (Å²) in [5.74, 6) is 1.90. The molecule has 0 aromatic rings. The number of rotatable bonds is 3. The summed E-state index contributed by atoms with van der Waals surface area (Å²) >= 11 is 0. The van der Waals surface area contributed by atoms with Gasteiger partial charge in [0.05, 0.1) is 0 Å². The van der Waals surface area contributed by atoms with E-state index >= 15 is 0 Å². The van der Waals surface area contributed by atoms with Crippen LogP contribution in [0.1, 0.15) is 26.2 Å². The average molecular weight is 113 g/mol. The number of hydrogen-bond acceptors (Lipinski definition) is 1. The first kappa shape index (κ1) is 6.09. The molecular formula is C7H15N. The molecule has 2 N–H and O–H groups in total. The molecule has 1 aliphatic rings. The van der Waals surface area contributed by atoms with Crippen LogP contribution in [-0.2, 0) is 0 Å². The molecule has 2 atom stereocenters. The SMILES string of the molecule is CCC[C@@H]1C[C@H]1CN. The van der Waals surface area contributed by atoms with Crippen LogP contribution in [-0.4, -0.2) is 6.54 Å².